The number of hydrogen-bond donors (Lipinski definition) is 1. The molecule has 1 aliphatic rings. The summed E-state index contributed by atoms with van der Waals surface area (Å²) in [6.07, 6.45) is 4.22. The number of carbonyl (C=O) groups excluding carboxylic acids is 1. The summed E-state index contributed by atoms with van der Waals surface area (Å²) in [7, 11) is 1.88. The smallest absolute Gasteiger partial charge is 0.317 e. The summed E-state index contributed by atoms with van der Waals surface area (Å²) in [6, 6.07) is 8.41. The first-order valence-electron chi connectivity index (χ1n) is 10.1. The molecule has 1 N–H and O–H groups in total. The predicted molar refractivity (Wildman–Crippen MR) is 119 cm³/mol. The molecule has 5 rings (SSSR count). The number of urea groups is 1. The number of benzene rings is 1. The Morgan fingerprint density at radius 3 is 2.83 bits per heavy atom. The monoisotopic (exact) mass is 421 g/mol. The zero-order chi connectivity index (χ0) is 20.5. The van der Waals surface area contributed by atoms with E-state index in [-0.39, 0.29) is 6.03 Å². The Bertz CT molecular complexity index is 1190. The number of aryl methyl sites for hydroxylation is 1. The zero-order valence-corrected chi connectivity index (χ0v) is 17.6. The van der Waals surface area contributed by atoms with Crippen LogP contribution in [0.1, 0.15) is 5.56 Å². The zero-order valence-electron chi connectivity index (χ0n) is 16.8. The van der Waals surface area contributed by atoms with Crippen LogP contribution in [0.5, 0.6) is 0 Å². The van der Waals surface area contributed by atoms with Gasteiger partial charge in [-0.15, -0.1) is 11.3 Å². The number of amides is 2. The standard InChI is InChI=1S/C21H23N7OS/c1-26-19-17(12-25-26)20(24-14-23-19)27-8-10-28(11-9-27)21(29)22-7-6-15-13-30-18-5-3-2-4-16(15)18/h2-5,12-14H,6-11H2,1H3,(H,22,29). The molecule has 0 unspecified atom stereocenters. The van der Waals surface area contributed by atoms with Crippen molar-refractivity contribution in [1.82, 2.24) is 30.0 Å². The molecule has 0 bridgehead atoms. The minimum Gasteiger partial charge on any atom is -0.352 e. The van der Waals surface area contributed by atoms with Crippen LogP contribution in [0, 0.1) is 0 Å². The normalized spacial score (nSPS) is 14.6. The molecule has 0 atom stereocenters. The van der Waals surface area contributed by atoms with Crippen LogP contribution in [0.4, 0.5) is 10.6 Å². The third kappa shape index (κ3) is 3.45. The second-order valence-corrected chi connectivity index (χ2v) is 8.33. The number of nitrogens with zero attached hydrogens (tertiary/aromatic N) is 6. The molecule has 3 aromatic heterocycles. The van der Waals surface area contributed by atoms with E-state index in [1.165, 1.54) is 15.6 Å². The lowest BCUT2D eigenvalue weighted by molar-refractivity contribution is 0.194. The van der Waals surface area contributed by atoms with Gasteiger partial charge in [0.15, 0.2) is 5.65 Å². The van der Waals surface area contributed by atoms with Crippen LogP contribution in [0.2, 0.25) is 0 Å². The molecule has 9 heteroatoms. The first kappa shape index (κ1) is 18.8. The van der Waals surface area contributed by atoms with E-state index < -0.39 is 0 Å². The lowest BCUT2D eigenvalue weighted by Crippen LogP contribution is -2.52. The highest BCUT2D eigenvalue weighted by Crippen LogP contribution is 2.26. The molecule has 4 heterocycles. The summed E-state index contributed by atoms with van der Waals surface area (Å²) in [5.74, 6) is 0.887. The van der Waals surface area contributed by atoms with Gasteiger partial charge in [0.2, 0.25) is 0 Å². The van der Waals surface area contributed by atoms with Gasteiger partial charge < -0.3 is 15.1 Å². The van der Waals surface area contributed by atoms with E-state index in [1.807, 2.05) is 11.9 Å². The van der Waals surface area contributed by atoms with Crippen molar-refractivity contribution in [3.05, 3.63) is 47.7 Å². The van der Waals surface area contributed by atoms with Crippen LogP contribution in [0.3, 0.4) is 0 Å². The van der Waals surface area contributed by atoms with Crippen molar-refractivity contribution in [3.8, 4) is 0 Å². The highest BCUT2D eigenvalue weighted by Gasteiger charge is 2.23. The average molecular weight is 422 g/mol. The Morgan fingerprint density at radius 2 is 1.97 bits per heavy atom. The fourth-order valence-electron chi connectivity index (χ4n) is 3.97. The van der Waals surface area contributed by atoms with Crippen LogP contribution in [-0.2, 0) is 13.5 Å². The van der Waals surface area contributed by atoms with Gasteiger partial charge in [-0.3, -0.25) is 4.68 Å². The highest BCUT2D eigenvalue weighted by molar-refractivity contribution is 7.17. The maximum Gasteiger partial charge on any atom is 0.317 e. The van der Waals surface area contributed by atoms with Crippen molar-refractivity contribution in [1.29, 1.82) is 0 Å². The number of thiophene rings is 1. The average Bonchev–Trinajstić information content (AvgIpc) is 3.38. The van der Waals surface area contributed by atoms with E-state index in [0.717, 1.165) is 36.4 Å². The summed E-state index contributed by atoms with van der Waals surface area (Å²) in [5, 5.41) is 11.8. The van der Waals surface area contributed by atoms with Crippen LogP contribution in [-0.4, -0.2) is 63.4 Å². The third-order valence-electron chi connectivity index (χ3n) is 5.61. The topological polar surface area (TPSA) is 79.2 Å². The predicted octanol–water partition coefficient (Wildman–Crippen LogP) is 2.65. The molecule has 1 saturated heterocycles. The minimum absolute atomic E-state index is 0.00315. The lowest BCUT2D eigenvalue weighted by atomic mass is 10.1. The van der Waals surface area contributed by atoms with Gasteiger partial charge in [0.05, 0.1) is 11.6 Å². The molecule has 8 nitrogen and oxygen atoms in total. The molecular weight excluding hydrogens is 398 g/mol. The molecule has 154 valence electrons. The van der Waals surface area contributed by atoms with Gasteiger partial charge in [0, 0.05) is 44.5 Å². The minimum atomic E-state index is 0.00315. The molecule has 4 aromatic rings. The molecule has 2 amide bonds. The van der Waals surface area contributed by atoms with Crippen LogP contribution in [0.15, 0.2) is 42.2 Å². The van der Waals surface area contributed by atoms with Crippen molar-refractivity contribution in [3.63, 3.8) is 0 Å². The quantitative estimate of drug-likeness (QED) is 0.548. The Kier molecular flexibility index (Phi) is 4.96. The molecule has 0 saturated carbocycles. The number of hydrogen-bond acceptors (Lipinski definition) is 6. The Balaban J connectivity index is 1.16. The second-order valence-electron chi connectivity index (χ2n) is 7.42. The molecular formula is C21H23N7OS. The molecule has 0 aliphatic carbocycles. The van der Waals surface area contributed by atoms with E-state index in [9.17, 15) is 4.79 Å². The van der Waals surface area contributed by atoms with Gasteiger partial charge in [0.25, 0.3) is 0 Å². The van der Waals surface area contributed by atoms with E-state index in [4.69, 9.17) is 0 Å². The number of rotatable bonds is 4. The van der Waals surface area contributed by atoms with E-state index in [0.29, 0.717) is 19.6 Å². The SMILES string of the molecule is Cn1ncc2c(N3CCN(C(=O)NCCc4csc5ccccc45)CC3)ncnc21. The summed E-state index contributed by atoms with van der Waals surface area (Å²) in [6.45, 7) is 3.45. The Hall–Kier alpha value is -3.20. The molecule has 1 aromatic carbocycles. The number of nitrogens with one attached hydrogen (secondary N) is 1. The van der Waals surface area contributed by atoms with Gasteiger partial charge in [0.1, 0.15) is 12.1 Å². The van der Waals surface area contributed by atoms with Crippen molar-refractivity contribution >= 4 is 44.3 Å². The number of aromatic nitrogens is 4. The summed E-state index contributed by atoms with van der Waals surface area (Å²) >= 11 is 1.76. The van der Waals surface area contributed by atoms with Gasteiger partial charge in [-0.2, -0.15) is 5.10 Å². The molecule has 1 aliphatic heterocycles. The lowest BCUT2D eigenvalue weighted by Gasteiger charge is -2.35. The maximum absolute atomic E-state index is 12.6. The molecule has 0 radical (unpaired) electrons. The summed E-state index contributed by atoms with van der Waals surface area (Å²) in [4.78, 5) is 25.5. The number of anilines is 1. The van der Waals surface area contributed by atoms with Crippen molar-refractivity contribution in [2.45, 2.75) is 6.42 Å². The number of fused-ring (bicyclic) bond motifs is 2. The van der Waals surface area contributed by atoms with Crippen molar-refractivity contribution in [2.75, 3.05) is 37.6 Å². The summed E-state index contributed by atoms with van der Waals surface area (Å²) in [5.41, 5.74) is 2.12. The molecule has 30 heavy (non-hydrogen) atoms. The Labute approximate surface area is 178 Å². The first-order chi connectivity index (χ1) is 14.7. The second kappa shape index (κ2) is 7.91. The third-order valence-corrected chi connectivity index (χ3v) is 6.62. The van der Waals surface area contributed by atoms with E-state index in [2.05, 4.69) is 54.9 Å². The highest BCUT2D eigenvalue weighted by atomic mass is 32.1. The van der Waals surface area contributed by atoms with Gasteiger partial charge in [-0.1, -0.05) is 18.2 Å². The number of piperazine rings is 1. The van der Waals surface area contributed by atoms with Gasteiger partial charge in [-0.05, 0) is 28.8 Å². The number of carbonyl (C=O) groups is 1. The molecule has 0 spiro atoms. The van der Waals surface area contributed by atoms with Crippen molar-refractivity contribution in [2.24, 2.45) is 7.05 Å². The van der Waals surface area contributed by atoms with Crippen LogP contribution >= 0.6 is 11.3 Å². The van der Waals surface area contributed by atoms with Crippen LogP contribution < -0.4 is 10.2 Å². The molecule has 1 fully saturated rings. The van der Waals surface area contributed by atoms with E-state index in [1.54, 1.807) is 28.5 Å². The fourth-order valence-corrected chi connectivity index (χ4v) is 4.96. The fraction of sp³-hybridized carbons (Fsp3) is 0.333. The van der Waals surface area contributed by atoms with E-state index >= 15 is 0 Å². The van der Waals surface area contributed by atoms with Gasteiger partial charge >= 0.3 is 6.03 Å². The largest absolute Gasteiger partial charge is 0.352 e. The van der Waals surface area contributed by atoms with Crippen LogP contribution in [0.25, 0.3) is 21.1 Å². The Morgan fingerprint density at radius 1 is 1.13 bits per heavy atom. The first-order valence-corrected chi connectivity index (χ1v) is 10.9. The van der Waals surface area contributed by atoms with Crippen molar-refractivity contribution < 1.29 is 4.79 Å². The van der Waals surface area contributed by atoms with Gasteiger partial charge in [-0.25, -0.2) is 14.8 Å². The maximum atomic E-state index is 12.6. The summed E-state index contributed by atoms with van der Waals surface area (Å²) < 4.78 is 3.04.